The number of nitro groups is 1. The maximum Gasteiger partial charge on any atom is 0.343 e. The van der Waals surface area contributed by atoms with Crippen molar-refractivity contribution in [1.29, 1.82) is 0 Å². The minimum Gasteiger partial charge on any atom is -0.466 e. The third-order valence-corrected chi connectivity index (χ3v) is 4.16. The molecule has 0 aliphatic heterocycles. The maximum atomic E-state index is 12.5. The molecular weight excluding hydrogens is 376 g/mol. The van der Waals surface area contributed by atoms with Gasteiger partial charge in [0.1, 0.15) is 6.20 Å². The number of aryl methyl sites for hydroxylation is 1. The number of ether oxygens (including phenoxy) is 1. The molecule has 1 atom stereocenters. The van der Waals surface area contributed by atoms with Crippen molar-refractivity contribution in [1.82, 2.24) is 14.9 Å². The molecule has 0 bridgehead atoms. The van der Waals surface area contributed by atoms with Crippen molar-refractivity contribution in [3.8, 4) is 0 Å². The molecule has 1 unspecified atom stereocenters. The van der Waals surface area contributed by atoms with Crippen molar-refractivity contribution in [2.45, 2.75) is 32.9 Å². The van der Waals surface area contributed by atoms with Gasteiger partial charge >= 0.3 is 11.8 Å². The van der Waals surface area contributed by atoms with Crippen LogP contribution in [0, 0.1) is 17.0 Å². The molecule has 1 amide bonds. The lowest BCUT2D eigenvalue weighted by Crippen LogP contribution is -2.33. The van der Waals surface area contributed by atoms with Crippen molar-refractivity contribution in [2.24, 2.45) is 0 Å². The molecular formula is C17H19ClN4O5. The number of carbonyl (C=O) groups is 2. The monoisotopic (exact) mass is 394 g/mol. The van der Waals surface area contributed by atoms with E-state index < -0.39 is 22.8 Å². The normalized spacial score (nSPS) is 11.7. The van der Waals surface area contributed by atoms with E-state index in [9.17, 15) is 19.7 Å². The molecule has 10 heteroatoms. The number of amides is 1. The molecule has 2 aromatic rings. The number of esters is 1. The Morgan fingerprint density at radius 3 is 2.74 bits per heavy atom. The smallest absolute Gasteiger partial charge is 0.343 e. The highest BCUT2D eigenvalue weighted by atomic mass is 35.5. The van der Waals surface area contributed by atoms with Crippen LogP contribution in [0.5, 0.6) is 0 Å². The molecule has 0 saturated carbocycles. The zero-order valence-corrected chi connectivity index (χ0v) is 15.6. The predicted octanol–water partition coefficient (Wildman–Crippen LogP) is 2.56. The van der Waals surface area contributed by atoms with Crippen molar-refractivity contribution < 1.29 is 19.2 Å². The first-order chi connectivity index (χ1) is 12.8. The highest BCUT2D eigenvalue weighted by molar-refractivity contribution is 6.31. The minimum atomic E-state index is -0.729. The Labute approximate surface area is 160 Å². The molecule has 1 aromatic heterocycles. The maximum absolute atomic E-state index is 12.5. The predicted molar refractivity (Wildman–Crippen MR) is 97.2 cm³/mol. The van der Waals surface area contributed by atoms with E-state index >= 15 is 0 Å². The molecule has 0 aliphatic rings. The van der Waals surface area contributed by atoms with Gasteiger partial charge in [-0.3, -0.25) is 9.59 Å². The molecule has 144 valence electrons. The number of imidazole rings is 1. The van der Waals surface area contributed by atoms with E-state index in [1.54, 1.807) is 38.1 Å². The summed E-state index contributed by atoms with van der Waals surface area (Å²) in [4.78, 5) is 38.7. The number of hydrogen-bond acceptors (Lipinski definition) is 6. The van der Waals surface area contributed by atoms with Crippen LogP contribution < -0.4 is 5.32 Å². The van der Waals surface area contributed by atoms with Gasteiger partial charge in [0, 0.05) is 11.9 Å². The van der Waals surface area contributed by atoms with Crippen LogP contribution in [-0.4, -0.2) is 33.0 Å². The summed E-state index contributed by atoms with van der Waals surface area (Å²) in [7, 11) is 0. The van der Waals surface area contributed by atoms with Gasteiger partial charge in [-0.1, -0.05) is 29.8 Å². The Morgan fingerprint density at radius 2 is 2.11 bits per heavy atom. The summed E-state index contributed by atoms with van der Waals surface area (Å²) in [5.74, 6) is -0.972. The fourth-order valence-electron chi connectivity index (χ4n) is 2.56. The van der Waals surface area contributed by atoms with Crippen molar-refractivity contribution in [3.05, 3.63) is 57.0 Å². The summed E-state index contributed by atoms with van der Waals surface area (Å²) in [6.07, 6.45) is 0.973. The largest absolute Gasteiger partial charge is 0.466 e. The minimum absolute atomic E-state index is 0.117. The van der Waals surface area contributed by atoms with Crippen molar-refractivity contribution >= 4 is 29.3 Å². The Kier molecular flexibility index (Phi) is 6.89. The Balaban J connectivity index is 2.21. The van der Waals surface area contributed by atoms with Gasteiger partial charge in [-0.2, -0.15) is 0 Å². The average molecular weight is 395 g/mol. The number of nitrogens with zero attached hydrogens (tertiary/aromatic N) is 3. The zero-order chi connectivity index (χ0) is 20.0. The van der Waals surface area contributed by atoms with Gasteiger partial charge in [0.05, 0.1) is 19.1 Å². The SMILES string of the molecule is CCOC(=O)CC(NC(=O)Cn1c([N+](=O)[O-])cnc1C)c1ccccc1Cl. The summed E-state index contributed by atoms with van der Waals surface area (Å²) in [6.45, 7) is 3.14. The highest BCUT2D eigenvalue weighted by Gasteiger charge is 2.25. The van der Waals surface area contributed by atoms with Crippen LogP contribution in [-0.2, 0) is 20.9 Å². The Bertz CT molecular complexity index is 852. The second kappa shape index (κ2) is 9.13. The van der Waals surface area contributed by atoms with Gasteiger partial charge in [0.15, 0.2) is 12.4 Å². The number of benzene rings is 1. The molecule has 9 nitrogen and oxygen atoms in total. The summed E-state index contributed by atoms with van der Waals surface area (Å²) in [5.41, 5.74) is 0.553. The first-order valence-electron chi connectivity index (χ1n) is 8.19. The van der Waals surface area contributed by atoms with Crippen LogP contribution in [0.1, 0.15) is 30.8 Å². The molecule has 1 heterocycles. The molecule has 1 aromatic carbocycles. The molecule has 0 radical (unpaired) electrons. The topological polar surface area (TPSA) is 116 Å². The van der Waals surface area contributed by atoms with Gasteiger partial charge in [-0.05, 0) is 23.5 Å². The van der Waals surface area contributed by atoms with E-state index in [1.165, 1.54) is 4.57 Å². The molecule has 0 aliphatic carbocycles. The summed E-state index contributed by atoms with van der Waals surface area (Å²) in [6, 6.07) is 6.07. The number of halogens is 1. The van der Waals surface area contributed by atoms with Gasteiger partial charge in [-0.25, -0.2) is 9.55 Å². The number of rotatable bonds is 8. The summed E-state index contributed by atoms with van der Waals surface area (Å²) in [5, 5.41) is 14.1. The third-order valence-electron chi connectivity index (χ3n) is 3.81. The van der Waals surface area contributed by atoms with Crippen LogP contribution in [0.25, 0.3) is 0 Å². The van der Waals surface area contributed by atoms with Crippen molar-refractivity contribution in [2.75, 3.05) is 6.61 Å². The van der Waals surface area contributed by atoms with Gasteiger partial charge < -0.3 is 20.2 Å². The quantitative estimate of drug-likeness (QED) is 0.418. The first kappa shape index (κ1) is 20.4. The second-order valence-corrected chi connectivity index (χ2v) is 6.06. The molecule has 0 saturated heterocycles. The fourth-order valence-corrected chi connectivity index (χ4v) is 2.83. The standard InChI is InChI=1S/C17H19ClN4O5/c1-3-27-17(24)8-14(12-6-4-5-7-13(12)18)20-15(23)10-21-11(2)19-9-16(21)22(25)26/h4-7,9,14H,3,8,10H2,1-2H3,(H,20,23). The summed E-state index contributed by atoms with van der Waals surface area (Å²) < 4.78 is 6.14. The fraction of sp³-hybridized carbons (Fsp3) is 0.353. The average Bonchev–Trinajstić information content (AvgIpc) is 2.96. The Morgan fingerprint density at radius 1 is 1.41 bits per heavy atom. The van der Waals surface area contributed by atoms with Crippen LogP contribution in [0.15, 0.2) is 30.5 Å². The molecule has 2 rings (SSSR count). The van der Waals surface area contributed by atoms with Crippen LogP contribution >= 0.6 is 11.6 Å². The van der Waals surface area contributed by atoms with Gasteiger partial charge in [0.2, 0.25) is 0 Å². The second-order valence-electron chi connectivity index (χ2n) is 5.66. The lowest BCUT2D eigenvalue weighted by molar-refractivity contribution is -0.392. The number of nitrogens with one attached hydrogen (secondary N) is 1. The van der Waals surface area contributed by atoms with E-state index in [0.717, 1.165) is 6.20 Å². The highest BCUT2D eigenvalue weighted by Crippen LogP contribution is 2.25. The Hall–Kier alpha value is -2.94. The van der Waals surface area contributed by atoms with E-state index in [2.05, 4.69) is 10.3 Å². The summed E-state index contributed by atoms with van der Waals surface area (Å²) >= 11 is 6.19. The molecule has 27 heavy (non-hydrogen) atoms. The van der Waals surface area contributed by atoms with Gasteiger partial charge in [0.25, 0.3) is 5.91 Å². The first-order valence-corrected chi connectivity index (χ1v) is 8.57. The molecule has 0 spiro atoms. The van der Waals surface area contributed by atoms with E-state index in [4.69, 9.17) is 16.3 Å². The van der Waals surface area contributed by atoms with E-state index in [0.29, 0.717) is 16.4 Å². The van der Waals surface area contributed by atoms with Gasteiger partial charge in [-0.15, -0.1) is 0 Å². The van der Waals surface area contributed by atoms with Crippen molar-refractivity contribution in [3.63, 3.8) is 0 Å². The lowest BCUT2D eigenvalue weighted by atomic mass is 10.0. The molecule has 0 fully saturated rings. The zero-order valence-electron chi connectivity index (χ0n) is 14.8. The van der Waals surface area contributed by atoms with Crippen LogP contribution in [0.2, 0.25) is 5.02 Å². The van der Waals surface area contributed by atoms with Crippen LogP contribution in [0.4, 0.5) is 5.82 Å². The van der Waals surface area contributed by atoms with Crippen LogP contribution in [0.3, 0.4) is 0 Å². The molecule has 1 N–H and O–H groups in total. The number of hydrogen-bond donors (Lipinski definition) is 1. The van der Waals surface area contributed by atoms with E-state index in [1.807, 2.05) is 0 Å². The van der Waals surface area contributed by atoms with E-state index in [-0.39, 0.29) is 25.4 Å². The number of carbonyl (C=O) groups excluding carboxylic acids is 2. The lowest BCUT2D eigenvalue weighted by Gasteiger charge is -2.19. The number of aromatic nitrogens is 2. The third kappa shape index (κ3) is 5.27.